The van der Waals surface area contributed by atoms with Crippen LogP contribution in [0.3, 0.4) is 0 Å². The number of carbonyl (C=O) groups excluding carboxylic acids is 2. The summed E-state index contributed by atoms with van der Waals surface area (Å²) in [4.78, 5) is 31.0. The van der Waals surface area contributed by atoms with E-state index in [1.54, 1.807) is 0 Å². The van der Waals surface area contributed by atoms with Gasteiger partial charge in [0, 0.05) is 57.3 Å². The quantitative estimate of drug-likeness (QED) is 0.806. The summed E-state index contributed by atoms with van der Waals surface area (Å²) >= 11 is 0. The van der Waals surface area contributed by atoms with Gasteiger partial charge in [-0.2, -0.15) is 0 Å². The first-order valence-electron chi connectivity index (χ1n) is 10.1. The second kappa shape index (κ2) is 8.49. The number of hydrogen-bond donors (Lipinski definition) is 1. The molecular formula is C19H34N4O2. The average molecular weight is 351 g/mol. The van der Waals surface area contributed by atoms with Crippen LogP contribution < -0.4 is 5.32 Å². The highest BCUT2D eigenvalue weighted by molar-refractivity contribution is 5.79. The first kappa shape index (κ1) is 18.6. The van der Waals surface area contributed by atoms with Gasteiger partial charge in [-0.1, -0.05) is 0 Å². The highest BCUT2D eigenvalue weighted by atomic mass is 16.2. The lowest BCUT2D eigenvalue weighted by Gasteiger charge is -2.37. The molecule has 2 amide bonds. The second-order valence-corrected chi connectivity index (χ2v) is 8.17. The lowest BCUT2D eigenvalue weighted by atomic mass is 10.0. The molecule has 0 aliphatic carbocycles. The third-order valence-corrected chi connectivity index (χ3v) is 6.10. The van der Waals surface area contributed by atoms with Crippen LogP contribution in [0.2, 0.25) is 0 Å². The number of likely N-dealkylation sites (tertiary alicyclic amines) is 3. The highest BCUT2D eigenvalue weighted by Crippen LogP contribution is 2.22. The Kier molecular flexibility index (Phi) is 6.34. The zero-order chi connectivity index (χ0) is 17.8. The molecule has 3 rings (SSSR count). The third kappa shape index (κ3) is 4.94. The normalized spacial score (nSPS) is 25.1. The van der Waals surface area contributed by atoms with Crippen LogP contribution in [0.25, 0.3) is 0 Å². The van der Waals surface area contributed by atoms with E-state index in [0.717, 1.165) is 71.2 Å². The molecule has 142 valence electrons. The summed E-state index contributed by atoms with van der Waals surface area (Å²) in [5.41, 5.74) is 0. The Morgan fingerprint density at radius 3 is 2.32 bits per heavy atom. The second-order valence-electron chi connectivity index (χ2n) is 8.17. The molecule has 0 saturated carbocycles. The van der Waals surface area contributed by atoms with Crippen molar-refractivity contribution in [3.63, 3.8) is 0 Å². The van der Waals surface area contributed by atoms with E-state index in [9.17, 15) is 9.59 Å². The van der Waals surface area contributed by atoms with Gasteiger partial charge in [-0.25, -0.2) is 0 Å². The Bertz CT molecular complexity index is 466. The smallest absolute Gasteiger partial charge is 0.234 e. The predicted molar refractivity (Wildman–Crippen MR) is 98.3 cm³/mol. The fourth-order valence-corrected chi connectivity index (χ4v) is 4.48. The van der Waals surface area contributed by atoms with E-state index in [2.05, 4.69) is 33.9 Å². The lowest BCUT2D eigenvalue weighted by molar-refractivity contribution is -0.131. The van der Waals surface area contributed by atoms with Crippen molar-refractivity contribution in [2.45, 2.75) is 70.5 Å². The Labute approximate surface area is 151 Å². The standard InChI is InChI=1S/C19H34N4O2/c1-15(2)22-12-5-16(6-13-22)20-18(24)14-21-10-7-17(8-11-21)23-9-3-4-19(23)25/h15-17H,3-14H2,1-2H3,(H,20,24). The van der Waals surface area contributed by atoms with Gasteiger partial charge in [0.25, 0.3) is 0 Å². The maximum absolute atomic E-state index is 12.4. The molecule has 0 radical (unpaired) electrons. The molecule has 0 aromatic carbocycles. The van der Waals surface area contributed by atoms with Crippen LogP contribution in [0.4, 0.5) is 0 Å². The number of piperidine rings is 2. The van der Waals surface area contributed by atoms with Gasteiger partial charge in [-0.05, 0) is 46.0 Å². The van der Waals surface area contributed by atoms with Crippen molar-refractivity contribution in [3.05, 3.63) is 0 Å². The number of rotatable bonds is 5. The minimum Gasteiger partial charge on any atom is -0.352 e. The van der Waals surface area contributed by atoms with Gasteiger partial charge in [0.2, 0.25) is 11.8 Å². The Hall–Kier alpha value is -1.14. The van der Waals surface area contributed by atoms with Gasteiger partial charge in [0.1, 0.15) is 0 Å². The number of carbonyl (C=O) groups is 2. The summed E-state index contributed by atoms with van der Waals surface area (Å²) < 4.78 is 0. The maximum atomic E-state index is 12.4. The number of amides is 2. The van der Waals surface area contributed by atoms with Crippen LogP contribution in [0.15, 0.2) is 0 Å². The molecule has 0 aromatic heterocycles. The SMILES string of the molecule is CC(C)N1CCC(NC(=O)CN2CCC(N3CCCC3=O)CC2)CC1. The molecular weight excluding hydrogens is 316 g/mol. The minimum atomic E-state index is 0.165. The van der Waals surface area contributed by atoms with Gasteiger partial charge in [0.15, 0.2) is 0 Å². The van der Waals surface area contributed by atoms with Crippen LogP contribution in [0.1, 0.15) is 52.4 Å². The Balaban J connectivity index is 1.35. The van der Waals surface area contributed by atoms with E-state index < -0.39 is 0 Å². The van der Waals surface area contributed by atoms with Crippen LogP contribution in [-0.4, -0.2) is 83.9 Å². The van der Waals surface area contributed by atoms with Gasteiger partial charge in [-0.3, -0.25) is 14.5 Å². The molecule has 0 atom stereocenters. The summed E-state index contributed by atoms with van der Waals surface area (Å²) in [7, 11) is 0. The topological polar surface area (TPSA) is 55.9 Å². The average Bonchev–Trinajstić information content (AvgIpc) is 3.02. The van der Waals surface area contributed by atoms with Crippen molar-refractivity contribution in [2.75, 3.05) is 39.3 Å². The molecule has 3 saturated heterocycles. The maximum Gasteiger partial charge on any atom is 0.234 e. The van der Waals surface area contributed by atoms with Crippen molar-refractivity contribution < 1.29 is 9.59 Å². The van der Waals surface area contributed by atoms with Crippen LogP contribution in [0.5, 0.6) is 0 Å². The first-order valence-corrected chi connectivity index (χ1v) is 10.1. The predicted octanol–water partition coefficient (Wildman–Crippen LogP) is 1.06. The van der Waals surface area contributed by atoms with Crippen molar-refractivity contribution in [2.24, 2.45) is 0 Å². The summed E-state index contributed by atoms with van der Waals surface area (Å²) in [6.07, 6.45) is 5.86. The molecule has 3 fully saturated rings. The molecule has 25 heavy (non-hydrogen) atoms. The molecule has 6 heteroatoms. The Morgan fingerprint density at radius 1 is 1.08 bits per heavy atom. The first-order chi connectivity index (χ1) is 12.0. The molecule has 3 heterocycles. The third-order valence-electron chi connectivity index (χ3n) is 6.10. The molecule has 0 spiro atoms. The number of nitrogens with one attached hydrogen (secondary N) is 1. The van der Waals surface area contributed by atoms with E-state index in [-0.39, 0.29) is 5.91 Å². The van der Waals surface area contributed by atoms with Gasteiger partial charge in [0.05, 0.1) is 6.54 Å². The van der Waals surface area contributed by atoms with Crippen molar-refractivity contribution >= 4 is 11.8 Å². The summed E-state index contributed by atoms with van der Waals surface area (Å²) in [5.74, 6) is 0.489. The molecule has 6 nitrogen and oxygen atoms in total. The van der Waals surface area contributed by atoms with Crippen LogP contribution in [0, 0.1) is 0 Å². The van der Waals surface area contributed by atoms with Gasteiger partial charge < -0.3 is 15.1 Å². The van der Waals surface area contributed by atoms with Gasteiger partial charge in [-0.15, -0.1) is 0 Å². The molecule has 3 aliphatic heterocycles. The molecule has 0 unspecified atom stereocenters. The van der Waals surface area contributed by atoms with Crippen LogP contribution in [-0.2, 0) is 9.59 Å². The monoisotopic (exact) mass is 350 g/mol. The molecule has 3 aliphatic rings. The van der Waals surface area contributed by atoms with Gasteiger partial charge >= 0.3 is 0 Å². The van der Waals surface area contributed by atoms with E-state index in [0.29, 0.717) is 30.6 Å². The summed E-state index contributed by atoms with van der Waals surface area (Å²) in [6.45, 7) is 9.91. The minimum absolute atomic E-state index is 0.165. The molecule has 0 bridgehead atoms. The fourth-order valence-electron chi connectivity index (χ4n) is 4.48. The zero-order valence-corrected chi connectivity index (χ0v) is 15.9. The van der Waals surface area contributed by atoms with E-state index in [1.807, 2.05) is 0 Å². The summed E-state index contributed by atoms with van der Waals surface area (Å²) in [5, 5.41) is 3.23. The van der Waals surface area contributed by atoms with E-state index in [4.69, 9.17) is 0 Å². The van der Waals surface area contributed by atoms with E-state index >= 15 is 0 Å². The van der Waals surface area contributed by atoms with Crippen molar-refractivity contribution in [1.29, 1.82) is 0 Å². The van der Waals surface area contributed by atoms with Crippen LogP contribution >= 0.6 is 0 Å². The molecule has 0 aromatic rings. The number of nitrogens with zero attached hydrogens (tertiary/aromatic N) is 3. The fraction of sp³-hybridized carbons (Fsp3) is 0.895. The molecule has 1 N–H and O–H groups in total. The highest BCUT2D eigenvalue weighted by Gasteiger charge is 2.31. The Morgan fingerprint density at radius 2 is 1.76 bits per heavy atom. The van der Waals surface area contributed by atoms with Crippen molar-refractivity contribution in [1.82, 2.24) is 20.0 Å². The van der Waals surface area contributed by atoms with Crippen molar-refractivity contribution in [3.8, 4) is 0 Å². The largest absolute Gasteiger partial charge is 0.352 e. The summed E-state index contributed by atoms with van der Waals surface area (Å²) in [6, 6.07) is 1.33. The number of hydrogen-bond acceptors (Lipinski definition) is 4. The lowest BCUT2D eigenvalue weighted by Crippen LogP contribution is -2.51. The van der Waals surface area contributed by atoms with E-state index in [1.165, 1.54) is 0 Å². The zero-order valence-electron chi connectivity index (χ0n) is 15.9.